The third-order valence-corrected chi connectivity index (χ3v) is 11.8. The Morgan fingerprint density at radius 2 is 1.96 bits per heavy atom. The maximum atomic E-state index is 17.3. The number of benzene rings is 2. The van der Waals surface area contributed by atoms with E-state index >= 15 is 8.78 Å². The Balaban J connectivity index is 1.24. The first-order valence-corrected chi connectivity index (χ1v) is 18.9. The summed E-state index contributed by atoms with van der Waals surface area (Å²) >= 11 is 0. The van der Waals surface area contributed by atoms with Crippen LogP contribution < -0.4 is 14.4 Å². The van der Waals surface area contributed by atoms with Gasteiger partial charge in [0.2, 0.25) is 0 Å². The number of unbranched alkanes of at least 4 members (excludes halogenated alkanes) is 2. The molecular formula is C40H46F3N5O4. The van der Waals surface area contributed by atoms with Crippen molar-refractivity contribution in [2.24, 2.45) is 11.8 Å². The molecule has 4 aromatic rings. The molecule has 276 valence electrons. The zero-order valence-corrected chi connectivity index (χ0v) is 29.8. The zero-order valence-electron chi connectivity index (χ0n) is 29.8. The van der Waals surface area contributed by atoms with Gasteiger partial charge in [-0.1, -0.05) is 32.8 Å². The van der Waals surface area contributed by atoms with Crippen molar-refractivity contribution in [1.82, 2.24) is 19.9 Å². The molecule has 2 aromatic carbocycles. The lowest BCUT2D eigenvalue weighted by Gasteiger charge is -2.34. The van der Waals surface area contributed by atoms with Crippen molar-refractivity contribution in [3.63, 3.8) is 0 Å². The third kappa shape index (κ3) is 6.35. The molecule has 3 aliphatic heterocycles. The molecule has 5 atom stereocenters. The summed E-state index contributed by atoms with van der Waals surface area (Å²) in [5, 5.41) is 12.1. The Bertz CT molecular complexity index is 2010. The molecule has 0 amide bonds. The van der Waals surface area contributed by atoms with E-state index in [1.165, 1.54) is 6.07 Å². The number of hydrogen-bond acceptors (Lipinski definition) is 9. The summed E-state index contributed by atoms with van der Waals surface area (Å²) in [5.41, 5.74) is 0.147. The summed E-state index contributed by atoms with van der Waals surface area (Å²) in [6, 6.07) is 6.19. The van der Waals surface area contributed by atoms with Crippen LogP contribution in [-0.2, 0) is 11.2 Å². The SMILES string of the molecule is CCCCCC(=O)Oc1cc(-c2ncc3c(N4C[C@@H]5C[C@H](C4)[C@H](O)C5)nc(OC[C@@]45CCCN4C[C@H](F)C5)nc3c2F)c2c(CC)c(F)ccc2c1. The Morgan fingerprint density at radius 1 is 1.10 bits per heavy atom. The number of carbonyl (C=O) groups is 1. The number of ether oxygens (including phenoxy) is 2. The van der Waals surface area contributed by atoms with Gasteiger partial charge in [-0.25, -0.2) is 13.2 Å². The van der Waals surface area contributed by atoms with Gasteiger partial charge < -0.3 is 19.5 Å². The van der Waals surface area contributed by atoms with Crippen molar-refractivity contribution >= 4 is 33.5 Å². The van der Waals surface area contributed by atoms with Gasteiger partial charge >= 0.3 is 12.0 Å². The van der Waals surface area contributed by atoms with Gasteiger partial charge in [0, 0.05) is 50.2 Å². The first-order chi connectivity index (χ1) is 25.2. The van der Waals surface area contributed by atoms with Crippen molar-refractivity contribution in [2.45, 2.75) is 95.9 Å². The van der Waals surface area contributed by atoms with Gasteiger partial charge in [-0.15, -0.1) is 0 Å². The molecule has 4 aliphatic rings. The fourth-order valence-electron chi connectivity index (χ4n) is 9.35. The second kappa shape index (κ2) is 14.1. The van der Waals surface area contributed by atoms with E-state index in [1.807, 2.05) is 6.92 Å². The molecule has 5 heterocycles. The topological polar surface area (TPSA) is 101 Å². The predicted octanol–water partition coefficient (Wildman–Crippen LogP) is 7.33. The molecule has 12 heteroatoms. The first-order valence-electron chi connectivity index (χ1n) is 18.9. The second-order valence-corrected chi connectivity index (χ2v) is 15.3. The van der Waals surface area contributed by atoms with E-state index in [1.54, 1.807) is 24.4 Å². The van der Waals surface area contributed by atoms with Gasteiger partial charge in [0.05, 0.1) is 17.0 Å². The number of halogens is 3. The van der Waals surface area contributed by atoms with Crippen LogP contribution in [0.15, 0.2) is 30.5 Å². The van der Waals surface area contributed by atoms with Crippen LogP contribution in [0, 0.1) is 23.5 Å². The quantitative estimate of drug-likeness (QED) is 0.0971. The van der Waals surface area contributed by atoms with E-state index in [9.17, 15) is 14.3 Å². The van der Waals surface area contributed by atoms with Gasteiger partial charge in [-0.3, -0.25) is 14.7 Å². The molecule has 2 aromatic heterocycles. The number of aryl methyl sites for hydroxylation is 1. The van der Waals surface area contributed by atoms with Crippen LogP contribution in [0.5, 0.6) is 11.8 Å². The second-order valence-electron chi connectivity index (χ2n) is 15.3. The predicted molar refractivity (Wildman–Crippen MR) is 192 cm³/mol. The third-order valence-electron chi connectivity index (χ3n) is 11.8. The van der Waals surface area contributed by atoms with E-state index in [-0.39, 0.29) is 53.4 Å². The largest absolute Gasteiger partial charge is 0.461 e. The lowest BCUT2D eigenvalue weighted by Crippen LogP contribution is -2.43. The molecule has 1 N–H and O–H groups in total. The van der Waals surface area contributed by atoms with E-state index in [4.69, 9.17) is 14.5 Å². The highest BCUT2D eigenvalue weighted by Gasteiger charge is 2.49. The number of carbonyl (C=O) groups excluding carboxylic acids is 1. The Labute approximate surface area is 301 Å². The van der Waals surface area contributed by atoms with Crippen molar-refractivity contribution in [1.29, 1.82) is 0 Å². The number of aromatic nitrogens is 3. The minimum Gasteiger partial charge on any atom is -0.461 e. The number of piperidine rings is 1. The van der Waals surface area contributed by atoms with Gasteiger partial charge in [-0.2, -0.15) is 9.97 Å². The lowest BCUT2D eigenvalue weighted by molar-refractivity contribution is -0.134. The molecule has 3 saturated heterocycles. The number of fused-ring (bicyclic) bond motifs is 5. The van der Waals surface area contributed by atoms with Crippen LogP contribution in [0.4, 0.5) is 19.0 Å². The zero-order chi connectivity index (χ0) is 36.1. The molecule has 1 saturated carbocycles. The van der Waals surface area contributed by atoms with Crippen LogP contribution in [0.3, 0.4) is 0 Å². The fraction of sp³-hybridized carbons (Fsp3) is 0.550. The highest BCUT2D eigenvalue weighted by atomic mass is 19.1. The average Bonchev–Trinajstić information content (AvgIpc) is 3.74. The summed E-state index contributed by atoms with van der Waals surface area (Å²) in [5.74, 6) is -0.536. The van der Waals surface area contributed by atoms with Gasteiger partial charge in [0.15, 0.2) is 5.82 Å². The minimum absolute atomic E-state index is 0.0106. The monoisotopic (exact) mass is 717 g/mol. The highest BCUT2D eigenvalue weighted by molar-refractivity contribution is 6.02. The van der Waals surface area contributed by atoms with Crippen LogP contribution >= 0.6 is 0 Å². The molecule has 8 rings (SSSR count). The van der Waals surface area contributed by atoms with Crippen LogP contribution in [0.1, 0.15) is 77.2 Å². The summed E-state index contributed by atoms with van der Waals surface area (Å²) in [6.07, 6.45) is 7.09. The smallest absolute Gasteiger partial charge is 0.319 e. The molecule has 2 bridgehead atoms. The van der Waals surface area contributed by atoms with E-state index in [0.717, 1.165) is 38.6 Å². The molecule has 52 heavy (non-hydrogen) atoms. The van der Waals surface area contributed by atoms with Crippen LogP contribution in [0.25, 0.3) is 32.9 Å². The van der Waals surface area contributed by atoms with Gasteiger partial charge in [0.25, 0.3) is 0 Å². The summed E-state index contributed by atoms with van der Waals surface area (Å²) < 4.78 is 59.2. The number of aliphatic hydroxyl groups is 1. The Morgan fingerprint density at radius 3 is 2.77 bits per heavy atom. The number of alkyl halides is 1. The van der Waals surface area contributed by atoms with E-state index < -0.39 is 35.4 Å². The summed E-state index contributed by atoms with van der Waals surface area (Å²) in [4.78, 5) is 31.1. The number of aliphatic hydroxyl groups excluding tert-OH is 1. The number of esters is 1. The van der Waals surface area contributed by atoms with Crippen LogP contribution in [-0.4, -0.2) is 81.5 Å². The molecule has 0 spiro atoms. The Kier molecular flexibility index (Phi) is 9.48. The molecular weight excluding hydrogens is 671 g/mol. The van der Waals surface area contributed by atoms with Crippen molar-refractivity contribution < 1.29 is 32.5 Å². The van der Waals surface area contributed by atoms with E-state index in [0.29, 0.717) is 72.9 Å². The Hall–Kier alpha value is -4.03. The average molecular weight is 718 g/mol. The number of hydrogen-bond donors (Lipinski definition) is 1. The van der Waals surface area contributed by atoms with Gasteiger partial charge in [-0.05, 0) is 85.5 Å². The molecule has 0 unspecified atom stereocenters. The van der Waals surface area contributed by atoms with Crippen LogP contribution in [0.2, 0.25) is 0 Å². The number of anilines is 1. The minimum atomic E-state index is -0.933. The molecule has 4 fully saturated rings. The highest BCUT2D eigenvalue weighted by Crippen LogP contribution is 2.44. The summed E-state index contributed by atoms with van der Waals surface area (Å²) in [6.45, 7) is 6.42. The normalized spacial score (nSPS) is 25.7. The number of pyridine rings is 1. The molecule has 0 radical (unpaired) electrons. The molecule has 9 nitrogen and oxygen atoms in total. The van der Waals surface area contributed by atoms with Crippen molar-refractivity contribution in [2.75, 3.05) is 37.7 Å². The van der Waals surface area contributed by atoms with Gasteiger partial charge in [0.1, 0.15) is 41.4 Å². The molecule has 1 aliphatic carbocycles. The fourth-order valence-corrected chi connectivity index (χ4v) is 9.35. The van der Waals surface area contributed by atoms with E-state index in [2.05, 4.69) is 26.7 Å². The lowest BCUT2D eigenvalue weighted by atomic mass is 9.94. The maximum Gasteiger partial charge on any atom is 0.319 e. The number of nitrogens with zero attached hydrogens (tertiary/aromatic N) is 5. The maximum absolute atomic E-state index is 17.3. The first kappa shape index (κ1) is 35.0. The van der Waals surface area contributed by atoms with Crippen molar-refractivity contribution in [3.8, 4) is 23.0 Å². The summed E-state index contributed by atoms with van der Waals surface area (Å²) in [7, 11) is 0. The number of rotatable bonds is 11. The standard InChI is InChI=1S/C40H46F3N5O4/c1-3-5-6-8-33(50)52-27-15-24-9-10-31(42)28(4-2)34(24)29(16-27)36-35(43)37-30(18-44-36)38(47-19-23-13-25(20-47)32(49)14-23)46-39(45-37)51-22-40-11-7-12-48(40)21-26(41)17-40/h9-10,15-16,18,23,25-26,32,49H,3-8,11-14,17,19-22H2,1-2H3/t23-,25-,26-,32-,40+/m1/s1. The van der Waals surface area contributed by atoms with Crippen molar-refractivity contribution in [3.05, 3.63) is 47.7 Å².